The van der Waals surface area contributed by atoms with Gasteiger partial charge in [-0.3, -0.25) is 4.84 Å². The van der Waals surface area contributed by atoms with Crippen LogP contribution in [0.1, 0.15) is 63.6 Å². The first-order chi connectivity index (χ1) is 12.0. The molecule has 25 heavy (non-hydrogen) atoms. The van der Waals surface area contributed by atoms with Gasteiger partial charge in [0.05, 0.1) is 6.04 Å². The Kier molecular flexibility index (Phi) is 4.21. The van der Waals surface area contributed by atoms with E-state index in [-0.39, 0.29) is 11.8 Å². The van der Waals surface area contributed by atoms with Crippen molar-refractivity contribution in [3.8, 4) is 0 Å². The van der Waals surface area contributed by atoms with Crippen LogP contribution in [-0.4, -0.2) is 10.8 Å². The van der Waals surface area contributed by atoms with Gasteiger partial charge in [-0.05, 0) is 48.1 Å². The average molecular weight is 335 g/mol. The third kappa shape index (κ3) is 3.26. The molecular weight excluding hydrogens is 306 g/mol. The molecule has 4 rings (SSSR count). The van der Waals surface area contributed by atoms with Gasteiger partial charge in [0.1, 0.15) is 0 Å². The molecule has 132 valence electrons. The van der Waals surface area contributed by atoms with Gasteiger partial charge in [-0.15, -0.1) is 5.06 Å². The summed E-state index contributed by atoms with van der Waals surface area (Å²) in [6.07, 6.45) is 4.81. The molecule has 0 aromatic heterocycles. The molecular formula is C23H29NO. The normalized spacial score (nSPS) is 29.1. The molecule has 1 atom stereocenters. The van der Waals surface area contributed by atoms with Crippen LogP contribution >= 0.6 is 0 Å². The van der Waals surface area contributed by atoms with Crippen LogP contribution in [0.3, 0.4) is 0 Å². The zero-order chi connectivity index (χ0) is 17.5. The first kappa shape index (κ1) is 16.8. The smallest absolute Gasteiger partial charge is 0.166 e. The lowest BCUT2D eigenvalue weighted by molar-refractivity contribution is 0.123. The van der Waals surface area contributed by atoms with Crippen LogP contribution in [0.5, 0.6) is 0 Å². The van der Waals surface area contributed by atoms with Crippen LogP contribution in [0.4, 0.5) is 0 Å². The molecule has 1 saturated heterocycles. The highest BCUT2D eigenvalue weighted by Crippen LogP contribution is 2.56. The molecule has 2 aromatic carbocycles. The summed E-state index contributed by atoms with van der Waals surface area (Å²) in [7, 11) is 0. The van der Waals surface area contributed by atoms with Crippen molar-refractivity contribution < 1.29 is 4.84 Å². The Balaban J connectivity index is 1.57. The third-order valence-corrected chi connectivity index (χ3v) is 6.09. The zero-order valence-corrected chi connectivity index (χ0v) is 15.6. The highest BCUT2D eigenvalue weighted by atomic mass is 16.9. The van der Waals surface area contributed by atoms with Crippen molar-refractivity contribution in [2.45, 2.75) is 58.2 Å². The monoisotopic (exact) mass is 335 g/mol. The van der Waals surface area contributed by atoms with Crippen LogP contribution in [0.2, 0.25) is 0 Å². The topological polar surface area (TPSA) is 15.5 Å². The molecule has 1 aliphatic carbocycles. The van der Waals surface area contributed by atoms with Crippen molar-refractivity contribution in [2.75, 3.05) is 0 Å². The summed E-state index contributed by atoms with van der Waals surface area (Å²) in [5.74, 6) is 0.802. The maximum atomic E-state index is 6.31. The van der Waals surface area contributed by atoms with Gasteiger partial charge >= 0.3 is 0 Å². The Bertz CT molecular complexity index is 656. The highest BCUT2D eigenvalue weighted by molar-refractivity contribution is 5.32. The Morgan fingerprint density at radius 1 is 0.880 bits per heavy atom. The predicted octanol–water partition coefficient (Wildman–Crippen LogP) is 5.96. The molecule has 0 radical (unpaired) electrons. The number of rotatable bonds is 3. The minimum absolute atomic E-state index is 0.0436. The van der Waals surface area contributed by atoms with Crippen molar-refractivity contribution in [3.05, 3.63) is 71.8 Å². The second-order valence-electron chi connectivity index (χ2n) is 8.73. The molecule has 2 aromatic rings. The first-order valence-electron chi connectivity index (χ1n) is 9.58. The van der Waals surface area contributed by atoms with E-state index in [9.17, 15) is 0 Å². The zero-order valence-electron chi connectivity index (χ0n) is 15.6. The molecule has 2 aliphatic rings. The molecule has 2 heteroatoms. The van der Waals surface area contributed by atoms with Crippen LogP contribution in [0, 0.1) is 11.3 Å². The fraction of sp³-hybridized carbons (Fsp3) is 0.478. The van der Waals surface area contributed by atoms with Gasteiger partial charge < -0.3 is 0 Å². The van der Waals surface area contributed by atoms with Gasteiger partial charge in [0.15, 0.2) is 5.72 Å². The van der Waals surface area contributed by atoms with Crippen molar-refractivity contribution >= 4 is 0 Å². The van der Waals surface area contributed by atoms with Gasteiger partial charge in [-0.1, -0.05) is 81.4 Å². The SMILES string of the molecule is CC(C)(C)C1CCC2(CC1)ON2C(c1ccccc1)c1ccccc1. The summed E-state index contributed by atoms with van der Waals surface area (Å²) in [5.41, 5.74) is 2.98. The first-order valence-corrected chi connectivity index (χ1v) is 9.58. The number of benzene rings is 2. The predicted molar refractivity (Wildman–Crippen MR) is 102 cm³/mol. The average Bonchev–Trinajstić information content (AvgIpc) is 3.29. The Hall–Kier alpha value is -1.64. The van der Waals surface area contributed by atoms with E-state index >= 15 is 0 Å². The second kappa shape index (κ2) is 6.26. The summed E-state index contributed by atoms with van der Waals surface area (Å²) < 4.78 is 0. The fourth-order valence-corrected chi connectivity index (χ4v) is 4.43. The van der Waals surface area contributed by atoms with Crippen LogP contribution in [0.15, 0.2) is 60.7 Å². The Morgan fingerprint density at radius 2 is 1.36 bits per heavy atom. The van der Waals surface area contributed by atoms with E-state index in [0.717, 1.165) is 18.8 Å². The van der Waals surface area contributed by atoms with Gasteiger partial charge in [-0.25, -0.2) is 0 Å². The summed E-state index contributed by atoms with van der Waals surface area (Å²) in [6, 6.07) is 21.7. The molecule has 0 amide bonds. The molecule has 2 nitrogen and oxygen atoms in total. The summed E-state index contributed by atoms with van der Waals surface area (Å²) in [6.45, 7) is 7.12. The van der Waals surface area contributed by atoms with Crippen molar-refractivity contribution in [1.29, 1.82) is 0 Å². The molecule has 1 saturated carbocycles. The molecule has 2 fully saturated rings. The van der Waals surface area contributed by atoms with Crippen LogP contribution in [0.25, 0.3) is 0 Å². The van der Waals surface area contributed by atoms with Gasteiger partial charge in [0.2, 0.25) is 0 Å². The van der Waals surface area contributed by atoms with Crippen LogP contribution in [-0.2, 0) is 4.84 Å². The molecule has 1 aliphatic heterocycles. The standard InChI is InChI=1S/C23H29NO/c1-22(2,3)20-14-16-23(17-15-20)24(25-23)21(18-10-6-4-7-11-18)19-12-8-5-9-13-19/h4-13,20-21H,14-17H2,1-3H3. The van der Waals surface area contributed by atoms with E-state index in [2.05, 4.69) is 86.5 Å². The Labute approximate surface area is 151 Å². The van der Waals surface area contributed by atoms with Crippen LogP contribution < -0.4 is 0 Å². The summed E-state index contributed by atoms with van der Waals surface area (Å²) >= 11 is 0. The molecule has 0 bridgehead atoms. The lowest BCUT2D eigenvalue weighted by Gasteiger charge is -2.36. The largest absolute Gasteiger partial charge is 0.271 e. The number of hydrogen-bond donors (Lipinski definition) is 0. The summed E-state index contributed by atoms with van der Waals surface area (Å²) in [4.78, 5) is 6.31. The van der Waals surface area contributed by atoms with Gasteiger partial charge in [-0.2, -0.15) is 0 Å². The highest BCUT2D eigenvalue weighted by Gasteiger charge is 2.60. The number of nitrogens with zero attached hydrogens (tertiary/aromatic N) is 1. The minimum Gasteiger partial charge on any atom is -0.271 e. The summed E-state index contributed by atoms with van der Waals surface area (Å²) in [5, 5.41) is 2.27. The van der Waals surface area contributed by atoms with E-state index in [1.165, 1.54) is 24.0 Å². The molecule has 1 unspecified atom stereocenters. The molecule has 1 spiro atoms. The number of hydrogen-bond acceptors (Lipinski definition) is 2. The lowest BCUT2D eigenvalue weighted by atomic mass is 9.70. The van der Waals surface area contributed by atoms with Crippen molar-refractivity contribution in [1.82, 2.24) is 5.06 Å². The van der Waals surface area contributed by atoms with E-state index < -0.39 is 0 Å². The maximum absolute atomic E-state index is 6.31. The maximum Gasteiger partial charge on any atom is 0.166 e. The molecule has 1 heterocycles. The molecule has 0 N–H and O–H groups in total. The number of hydroxylamine groups is 2. The van der Waals surface area contributed by atoms with E-state index in [1.54, 1.807) is 0 Å². The lowest BCUT2D eigenvalue weighted by Crippen LogP contribution is -2.32. The second-order valence-corrected chi connectivity index (χ2v) is 8.73. The van der Waals surface area contributed by atoms with E-state index in [4.69, 9.17) is 4.84 Å². The third-order valence-electron chi connectivity index (χ3n) is 6.09. The van der Waals surface area contributed by atoms with Crippen molar-refractivity contribution in [3.63, 3.8) is 0 Å². The van der Waals surface area contributed by atoms with Gasteiger partial charge in [0, 0.05) is 0 Å². The van der Waals surface area contributed by atoms with Crippen molar-refractivity contribution in [2.24, 2.45) is 11.3 Å². The fourth-order valence-electron chi connectivity index (χ4n) is 4.43. The van der Waals surface area contributed by atoms with E-state index in [1.807, 2.05) is 0 Å². The Morgan fingerprint density at radius 3 is 1.80 bits per heavy atom. The van der Waals surface area contributed by atoms with Gasteiger partial charge in [0.25, 0.3) is 0 Å². The quantitative estimate of drug-likeness (QED) is 0.643. The minimum atomic E-state index is -0.0436. The van der Waals surface area contributed by atoms with E-state index in [0.29, 0.717) is 5.41 Å².